The van der Waals surface area contributed by atoms with E-state index in [0.717, 1.165) is 32.4 Å². The Balaban J connectivity index is 1.29. The largest absolute Gasteiger partial charge is 0.459 e. The van der Waals surface area contributed by atoms with E-state index in [0.29, 0.717) is 31.2 Å². The van der Waals surface area contributed by atoms with Crippen molar-refractivity contribution in [2.75, 3.05) is 39.4 Å². The minimum atomic E-state index is -0.452. The first-order chi connectivity index (χ1) is 17.2. The number of benzene rings is 1. The smallest absolute Gasteiger partial charge is 0.288 e. The molecule has 1 amide bonds. The van der Waals surface area contributed by atoms with Crippen molar-refractivity contribution in [3.05, 3.63) is 47.0 Å². The minimum absolute atomic E-state index is 0.00436. The lowest BCUT2D eigenvalue weighted by Crippen LogP contribution is -2.49. The Labute approximate surface area is 212 Å². The first-order valence-corrected chi connectivity index (χ1v) is 14.2. The van der Waals surface area contributed by atoms with Gasteiger partial charge >= 0.3 is 0 Å². The molecule has 6 nitrogen and oxygen atoms in total. The number of carbonyl (C=O) groups excluding carboxylic acids is 1. The number of ether oxygens (including phenoxy) is 2. The van der Waals surface area contributed by atoms with Gasteiger partial charge in [0.25, 0.3) is 5.91 Å². The van der Waals surface area contributed by atoms with Crippen molar-refractivity contribution < 1.29 is 19.4 Å². The van der Waals surface area contributed by atoms with Crippen LogP contribution in [0.2, 0.25) is 0 Å². The molecule has 0 bridgehead atoms. The van der Waals surface area contributed by atoms with Gasteiger partial charge in [0.1, 0.15) is 0 Å². The average Bonchev–Trinajstić information content (AvgIpc) is 3.35. The lowest BCUT2D eigenvalue weighted by molar-refractivity contribution is -0.153. The van der Waals surface area contributed by atoms with Crippen LogP contribution in [0, 0.1) is 0 Å². The van der Waals surface area contributed by atoms with Crippen LogP contribution >= 0.6 is 11.3 Å². The van der Waals surface area contributed by atoms with Crippen molar-refractivity contribution in [2.24, 2.45) is 0 Å². The number of allylic oxidation sites excluding steroid dienone is 1. The minimum Gasteiger partial charge on any atom is -0.459 e. The summed E-state index contributed by atoms with van der Waals surface area (Å²) < 4.78 is 13.4. The summed E-state index contributed by atoms with van der Waals surface area (Å²) in [6, 6.07) is 9.05. The molecular weight excluding hydrogens is 460 g/mol. The second-order valence-electron chi connectivity index (χ2n) is 10.0. The maximum absolute atomic E-state index is 13.6. The molecule has 1 N–H and O–H groups in total. The van der Waals surface area contributed by atoms with Crippen LogP contribution in [-0.4, -0.2) is 72.5 Å². The summed E-state index contributed by atoms with van der Waals surface area (Å²) in [7, 11) is 0. The van der Waals surface area contributed by atoms with E-state index in [1.165, 1.54) is 48.0 Å². The van der Waals surface area contributed by atoms with Gasteiger partial charge in [-0.15, -0.1) is 11.3 Å². The zero-order valence-electron chi connectivity index (χ0n) is 20.6. The number of hydrogen-bond acceptors (Lipinski definition) is 6. The van der Waals surface area contributed by atoms with Crippen molar-refractivity contribution in [3.63, 3.8) is 0 Å². The van der Waals surface area contributed by atoms with Crippen LogP contribution in [0.1, 0.15) is 62.8 Å². The van der Waals surface area contributed by atoms with Gasteiger partial charge in [-0.05, 0) is 80.1 Å². The molecular formula is C28H38N2O4S. The number of likely N-dealkylation sites (tertiary alicyclic amines) is 2. The lowest BCUT2D eigenvalue weighted by atomic mass is 9.92. The van der Waals surface area contributed by atoms with Crippen molar-refractivity contribution in [1.82, 2.24) is 9.80 Å². The van der Waals surface area contributed by atoms with E-state index in [1.807, 2.05) is 11.0 Å². The Hall–Kier alpha value is -1.93. The van der Waals surface area contributed by atoms with Gasteiger partial charge in [0.2, 0.25) is 6.29 Å². The predicted octanol–water partition coefficient (Wildman–Crippen LogP) is 4.88. The van der Waals surface area contributed by atoms with E-state index >= 15 is 0 Å². The fraction of sp³-hybridized carbons (Fsp3) is 0.607. The Morgan fingerprint density at radius 2 is 1.89 bits per heavy atom. The molecule has 0 unspecified atom stereocenters. The predicted molar refractivity (Wildman–Crippen MR) is 139 cm³/mol. The van der Waals surface area contributed by atoms with Crippen LogP contribution in [0.3, 0.4) is 0 Å². The molecule has 35 heavy (non-hydrogen) atoms. The van der Waals surface area contributed by atoms with Crippen LogP contribution in [0.15, 0.2) is 41.5 Å². The van der Waals surface area contributed by atoms with E-state index in [4.69, 9.17) is 14.6 Å². The van der Waals surface area contributed by atoms with E-state index in [-0.39, 0.29) is 18.4 Å². The third kappa shape index (κ3) is 5.91. The first-order valence-electron chi connectivity index (χ1n) is 13.3. The van der Waals surface area contributed by atoms with Crippen molar-refractivity contribution in [2.45, 2.75) is 69.6 Å². The fourth-order valence-electron chi connectivity index (χ4n) is 5.72. The number of aliphatic hydroxyl groups is 1. The number of thiophene rings is 1. The van der Waals surface area contributed by atoms with Gasteiger partial charge < -0.3 is 24.4 Å². The zero-order chi connectivity index (χ0) is 24.0. The molecule has 1 aromatic carbocycles. The quantitative estimate of drug-likeness (QED) is 0.526. The molecule has 3 aliphatic heterocycles. The van der Waals surface area contributed by atoms with Gasteiger partial charge in [0, 0.05) is 42.8 Å². The molecule has 0 spiro atoms. The van der Waals surface area contributed by atoms with Crippen LogP contribution in [0.25, 0.3) is 10.1 Å². The molecule has 2 fully saturated rings. The number of unbranched alkanes of at least 4 members (excludes halogenated alkanes) is 1. The normalized spacial score (nSPS) is 24.4. The van der Waals surface area contributed by atoms with Gasteiger partial charge in [-0.3, -0.25) is 4.79 Å². The van der Waals surface area contributed by atoms with Crippen LogP contribution in [-0.2, 0) is 14.3 Å². The molecule has 0 saturated carbocycles. The highest BCUT2D eigenvalue weighted by atomic mass is 32.1. The number of aliphatic hydroxyl groups excluding tert-OH is 1. The molecule has 7 heteroatoms. The number of hydrogen-bond donors (Lipinski definition) is 1. The zero-order valence-corrected chi connectivity index (χ0v) is 21.4. The Bertz CT molecular complexity index is 1010. The third-order valence-corrected chi connectivity index (χ3v) is 8.68. The summed E-state index contributed by atoms with van der Waals surface area (Å²) in [4.78, 5) is 18.2. The van der Waals surface area contributed by atoms with E-state index in [1.54, 1.807) is 11.3 Å². The maximum Gasteiger partial charge on any atom is 0.288 e. The average molecular weight is 499 g/mol. The number of nitrogens with zero attached hydrogens (tertiary/aromatic N) is 2. The molecule has 3 aliphatic rings. The summed E-state index contributed by atoms with van der Waals surface area (Å²) in [6.07, 6.45) is 9.79. The number of amides is 1. The highest BCUT2D eigenvalue weighted by Gasteiger charge is 2.34. The van der Waals surface area contributed by atoms with Crippen LogP contribution in [0.4, 0.5) is 0 Å². The summed E-state index contributed by atoms with van der Waals surface area (Å²) in [5.74, 6) is 0.503. The summed E-state index contributed by atoms with van der Waals surface area (Å²) in [5, 5.41) is 12.5. The summed E-state index contributed by atoms with van der Waals surface area (Å²) in [5.41, 5.74) is 1.24. The van der Waals surface area contributed by atoms with Crippen LogP contribution in [0.5, 0.6) is 0 Å². The summed E-state index contributed by atoms with van der Waals surface area (Å²) in [6.45, 7) is 4.67. The molecule has 0 radical (unpaired) electrons. The van der Waals surface area contributed by atoms with Gasteiger partial charge in [-0.2, -0.15) is 0 Å². The highest BCUT2D eigenvalue weighted by molar-refractivity contribution is 7.17. The Morgan fingerprint density at radius 3 is 2.69 bits per heavy atom. The topological polar surface area (TPSA) is 62.2 Å². The maximum atomic E-state index is 13.6. The Morgan fingerprint density at radius 1 is 1.09 bits per heavy atom. The lowest BCUT2D eigenvalue weighted by Gasteiger charge is -2.40. The van der Waals surface area contributed by atoms with Gasteiger partial charge in [-0.25, -0.2) is 0 Å². The molecule has 190 valence electrons. The third-order valence-electron chi connectivity index (χ3n) is 7.69. The van der Waals surface area contributed by atoms with Crippen molar-refractivity contribution in [1.29, 1.82) is 0 Å². The molecule has 5 rings (SSSR count). The fourth-order valence-corrected chi connectivity index (χ4v) is 6.74. The first kappa shape index (κ1) is 24.8. The number of fused-ring (bicyclic) bond motifs is 1. The van der Waals surface area contributed by atoms with Gasteiger partial charge in [-0.1, -0.05) is 24.6 Å². The molecule has 2 aromatic rings. The molecule has 2 atom stereocenters. The van der Waals surface area contributed by atoms with E-state index < -0.39 is 6.29 Å². The second-order valence-corrected chi connectivity index (χ2v) is 10.9. The van der Waals surface area contributed by atoms with Crippen molar-refractivity contribution >= 4 is 27.3 Å². The van der Waals surface area contributed by atoms with E-state index in [2.05, 4.69) is 34.5 Å². The molecule has 4 heterocycles. The highest BCUT2D eigenvalue weighted by Crippen LogP contribution is 2.38. The standard InChI is InChI=1S/C28H38N2O4S/c31-16-6-7-17-33-27-19-21(24-20-35-26-9-3-2-8-23(24)26)18-25(34-27)28(32)30-14-10-22(11-15-30)29-12-4-1-5-13-29/h2-3,8-9,18,20-22,27,31H,1,4-7,10-17,19H2/t21-,27+/m1/s1. The number of piperidine rings is 2. The molecule has 1 aromatic heterocycles. The van der Waals surface area contributed by atoms with Gasteiger partial charge in [0.15, 0.2) is 5.76 Å². The van der Waals surface area contributed by atoms with E-state index in [9.17, 15) is 4.79 Å². The molecule has 0 aliphatic carbocycles. The van der Waals surface area contributed by atoms with Crippen molar-refractivity contribution in [3.8, 4) is 0 Å². The molecule has 2 saturated heterocycles. The Kier molecular flexibility index (Phi) is 8.39. The summed E-state index contributed by atoms with van der Waals surface area (Å²) >= 11 is 1.75. The SMILES string of the molecule is O=C(C1=C[C@@H](c2csc3ccccc23)C[C@@H](OCCCCO)O1)N1CCC(N2CCCCC2)CC1. The number of carbonyl (C=O) groups is 1. The monoisotopic (exact) mass is 498 g/mol. The number of rotatable bonds is 8. The van der Waals surface area contributed by atoms with Gasteiger partial charge in [0.05, 0.1) is 6.61 Å². The second kappa shape index (κ2) is 11.9. The van der Waals surface area contributed by atoms with Crippen LogP contribution < -0.4 is 0 Å².